The second-order valence-corrected chi connectivity index (χ2v) is 8.56. The molecule has 13 heteroatoms. The summed E-state index contributed by atoms with van der Waals surface area (Å²) < 4.78 is 0.929. The van der Waals surface area contributed by atoms with Crippen molar-refractivity contribution in [2.24, 2.45) is 5.92 Å². The van der Waals surface area contributed by atoms with Crippen molar-refractivity contribution in [1.29, 1.82) is 0 Å². The number of aliphatic hydroxyl groups excluding tert-OH is 3. The van der Waals surface area contributed by atoms with Crippen LogP contribution in [0.15, 0.2) is 43.4 Å². The summed E-state index contributed by atoms with van der Waals surface area (Å²) in [5.74, 6) is 0.370. The molecule has 4 aromatic heterocycles. The van der Waals surface area contributed by atoms with Crippen LogP contribution in [0.5, 0.6) is 0 Å². The fourth-order valence-electron chi connectivity index (χ4n) is 3.75. The van der Waals surface area contributed by atoms with Gasteiger partial charge in [0.25, 0.3) is 6.33 Å². The van der Waals surface area contributed by atoms with Crippen LogP contribution in [0.1, 0.15) is 6.42 Å². The minimum Gasteiger partial charge on any atom is -1.00 e. The second kappa shape index (κ2) is 9.85. The largest absolute Gasteiger partial charge is 1.00 e. The maximum Gasteiger partial charge on any atom is 0.284 e. The lowest BCUT2D eigenvalue weighted by molar-refractivity contribution is -0.381. The number of rotatable bonds is 6. The first-order chi connectivity index (χ1) is 15.6. The van der Waals surface area contributed by atoms with Crippen molar-refractivity contribution >= 4 is 39.0 Å². The average Bonchev–Trinajstić information content (AvgIpc) is 3.36. The Bertz CT molecular complexity index is 1200. The average molecular weight is 489 g/mol. The van der Waals surface area contributed by atoms with Gasteiger partial charge in [-0.2, -0.15) is 4.98 Å². The summed E-state index contributed by atoms with van der Waals surface area (Å²) in [6, 6.07) is 1.34. The second-order valence-electron chi connectivity index (χ2n) is 7.53. The Labute approximate surface area is 198 Å². The molecule has 6 N–H and O–H groups in total. The van der Waals surface area contributed by atoms with Crippen LogP contribution in [-0.2, 0) is 0 Å². The predicted molar refractivity (Wildman–Crippen MR) is 117 cm³/mol. The summed E-state index contributed by atoms with van der Waals surface area (Å²) in [5, 5.41) is 37.2. The van der Waals surface area contributed by atoms with E-state index in [4.69, 9.17) is 0 Å². The lowest BCUT2D eigenvalue weighted by Gasteiger charge is -2.20. The van der Waals surface area contributed by atoms with E-state index >= 15 is 0 Å². The van der Waals surface area contributed by atoms with Crippen LogP contribution in [0.3, 0.4) is 0 Å². The van der Waals surface area contributed by atoms with Crippen LogP contribution in [0.25, 0.3) is 20.8 Å². The molecule has 4 heterocycles. The number of nitrogens with zero attached hydrogens (tertiary/aromatic N) is 5. The van der Waals surface area contributed by atoms with Crippen molar-refractivity contribution in [2.45, 2.75) is 24.7 Å². The van der Waals surface area contributed by atoms with Gasteiger partial charge >= 0.3 is 0 Å². The number of anilines is 3. The number of H-pyrrole nitrogens is 1. The van der Waals surface area contributed by atoms with Gasteiger partial charge in [-0.3, -0.25) is 4.98 Å². The van der Waals surface area contributed by atoms with Gasteiger partial charge in [0.05, 0.1) is 27.9 Å². The number of nitrogens with one attached hydrogen (secondary N) is 3. The molecule has 0 aromatic carbocycles. The molecule has 0 aliphatic heterocycles. The van der Waals surface area contributed by atoms with Crippen molar-refractivity contribution in [2.75, 3.05) is 17.2 Å². The fraction of sp³-hybridized carbons (Fsp3) is 0.300. The van der Waals surface area contributed by atoms with E-state index in [0.29, 0.717) is 34.4 Å². The highest BCUT2D eigenvalue weighted by Crippen LogP contribution is 2.36. The van der Waals surface area contributed by atoms with Crippen LogP contribution in [0.2, 0.25) is 0 Å². The maximum absolute atomic E-state index is 10.5. The number of thiazole rings is 1. The Morgan fingerprint density at radius 3 is 2.73 bits per heavy atom. The Kier molecular flexibility index (Phi) is 6.91. The minimum atomic E-state index is -1.04. The first-order valence-corrected chi connectivity index (χ1v) is 10.8. The third kappa shape index (κ3) is 4.70. The summed E-state index contributed by atoms with van der Waals surface area (Å²) in [7, 11) is 0. The SMILES string of the molecule is OC[C@H]1C[C@@H](Nc2nc(Nc3cnc[nH+]c3)ncc2-c2nc3ccncc3s2)[C@H](O)[C@@H]1O.[Cl-]. The molecule has 1 fully saturated rings. The highest BCUT2D eigenvalue weighted by molar-refractivity contribution is 7.21. The molecule has 0 bridgehead atoms. The van der Waals surface area contributed by atoms with Crippen LogP contribution < -0.4 is 28.0 Å². The Hall–Kier alpha value is -3.03. The van der Waals surface area contributed by atoms with E-state index in [9.17, 15) is 15.3 Å². The van der Waals surface area contributed by atoms with Gasteiger partial charge in [0, 0.05) is 31.1 Å². The summed E-state index contributed by atoms with van der Waals surface area (Å²) in [4.78, 5) is 24.7. The number of fused-ring (bicyclic) bond motifs is 1. The summed E-state index contributed by atoms with van der Waals surface area (Å²) in [6.45, 7) is -0.206. The molecule has 5 rings (SSSR count). The van der Waals surface area contributed by atoms with Gasteiger partial charge in [-0.15, -0.1) is 11.3 Å². The normalized spacial score (nSPS) is 22.2. The highest BCUT2D eigenvalue weighted by atomic mass is 35.5. The zero-order valence-electron chi connectivity index (χ0n) is 17.1. The number of halogens is 1. The van der Waals surface area contributed by atoms with Gasteiger partial charge in [-0.25, -0.2) is 15.0 Å². The van der Waals surface area contributed by atoms with Crippen LogP contribution in [0, 0.1) is 5.92 Å². The van der Waals surface area contributed by atoms with Gasteiger partial charge in [-0.05, 0) is 12.5 Å². The first kappa shape index (κ1) is 23.1. The molecule has 4 aromatic rings. The standard InChI is InChI=1S/C20H20N8O3S.ClH/c29-8-10-3-14(17(31)16(10)30)26-18-12(19-27-13-1-2-21-7-15(13)32-19)6-24-20(28-18)25-11-4-22-9-23-5-11;/h1-2,4-7,9-10,14,16-17,29-31H,3,8H2,(H2,24,25,26,28);1H/t10-,14-,16-,17+;/m1./s1. The third-order valence-electron chi connectivity index (χ3n) is 5.43. The van der Waals surface area contributed by atoms with E-state index in [2.05, 4.69) is 40.5 Å². The molecule has 4 atom stereocenters. The Morgan fingerprint density at radius 1 is 1.12 bits per heavy atom. The van der Waals surface area contributed by atoms with Gasteiger partial charge < -0.3 is 38.4 Å². The quantitative estimate of drug-likeness (QED) is 0.198. The smallest absolute Gasteiger partial charge is 0.284 e. The zero-order chi connectivity index (χ0) is 22.1. The zero-order valence-corrected chi connectivity index (χ0v) is 18.7. The Balaban J connectivity index is 0.00000259. The molecular weight excluding hydrogens is 468 g/mol. The van der Waals surface area contributed by atoms with Gasteiger partial charge in [0.15, 0.2) is 6.20 Å². The molecule has 0 amide bonds. The van der Waals surface area contributed by atoms with Crippen molar-refractivity contribution in [3.8, 4) is 10.6 Å². The summed E-state index contributed by atoms with van der Waals surface area (Å²) in [5.41, 5.74) is 2.15. The van der Waals surface area contributed by atoms with Gasteiger partial charge in [-0.1, -0.05) is 4.98 Å². The number of hydrogen-bond acceptors (Lipinski definition) is 11. The molecule has 0 radical (unpaired) electrons. The molecular formula is C20H21ClN8O3S. The summed E-state index contributed by atoms with van der Waals surface area (Å²) in [6.07, 6.45) is 8.34. The van der Waals surface area contributed by atoms with E-state index in [1.807, 2.05) is 6.07 Å². The molecule has 1 aliphatic carbocycles. The van der Waals surface area contributed by atoms with Crippen LogP contribution in [0.4, 0.5) is 17.5 Å². The molecule has 1 aliphatic rings. The highest BCUT2D eigenvalue weighted by Gasteiger charge is 2.41. The minimum absolute atomic E-state index is 0. The lowest BCUT2D eigenvalue weighted by Crippen LogP contribution is -3.00. The number of hydrogen-bond donors (Lipinski definition) is 5. The predicted octanol–water partition coefficient (Wildman–Crippen LogP) is -2.38. The lowest BCUT2D eigenvalue weighted by atomic mass is 10.1. The van der Waals surface area contributed by atoms with Crippen molar-refractivity contribution in [3.05, 3.63) is 43.4 Å². The van der Waals surface area contributed by atoms with Gasteiger partial charge in [0.2, 0.25) is 5.95 Å². The van der Waals surface area contributed by atoms with E-state index in [0.717, 1.165) is 10.2 Å². The molecule has 0 unspecified atom stereocenters. The summed E-state index contributed by atoms with van der Waals surface area (Å²) >= 11 is 1.46. The first-order valence-electron chi connectivity index (χ1n) is 10.0. The topological polar surface area (TPSA) is 163 Å². The van der Waals surface area contributed by atoms with Crippen molar-refractivity contribution < 1.29 is 32.7 Å². The molecule has 33 heavy (non-hydrogen) atoms. The Morgan fingerprint density at radius 2 is 2.00 bits per heavy atom. The molecule has 11 nitrogen and oxygen atoms in total. The number of pyridine rings is 1. The van der Waals surface area contributed by atoms with Crippen LogP contribution in [-0.4, -0.2) is 65.1 Å². The number of aliphatic hydroxyl groups is 3. The monoisotopic (exact) mass is 488 g/mol. The van der Waals surface area contributed by atoms with E-state index < -0.39 is 24.2 Å². The molecule has 0 saturated heterocycles. The van der Waals surface area contributed by atoms with Crippen molar-refractivity contribution in [1.82, 2.24) is 24.9 Å². The molecule has 0 spiro atoms. The van der Waals surface area contributed by atoms with E-state index in [-0.39, 0.29) is 19.0 Å². The van der Waals surface area contributed by atoms with Crippen LogP contribution >= 0.6 is 11.3 Å². The van der Waals surface area contributed by atoms with E-state index in [1.54, 1.807) is 37.3 Å². The fourth-order valence-corrected chi connectivity index (χ4v) is 4.69. The van der Waals surface area contributed by atoms with E-state index in [1.165, 1.54) is 11.3 Å². The van der Waals surface area contributed by atoms with Gasteiger partial charge in [0.1, 0.15) is 28.8 Å². The molecule has 172 valence electrons. The number of aromatic amines is 1. The van der Waals surface area contributed by atoms with Crippen molar-refractivity contribution in [3.63, 3.8) is 0 Å². The third-order valence-corrected chi connectivity index (χ3v) is 6.47. The number of aromatic nitrogens is 6. The maximum atomic E-state index is 10.5. The molecule has 1 saturated carbocycles.